The summed E-state index contributed by atoms with van der Waals surface area (Å²) in [7, 11) is 0. The van der Waals surface area contributed by atoms with E-state index in [4.69, 9.17) is 10.00 Å². The number of nitriles is 1. The molecule has 1 amide bonds. The molecule has 0 atom stereocenters. The second kappa shape index (κ2) is 10.2. The molecule has 0 aromatic heterocycles. The summed E-state index contributed by atoms with van der Waals surface area (Å²) in [6, 6.07) is 1.92. The Labute approximate surface area is 120 Å². The van der Waals surface area contributed by atoms with Gasteiger partial charge in [-0.05, 0) is 6.42 Å². The molecule has 0 aromatic rings. The monoisotopic (exact) mass is 280 g/mol. The lowest BCUT2D eigenvalue weighted by molar-refractivity contribution is -0.117. The van der Waals surface area contributed by atoms with Crippen molar-refractivity contribution in [1.29, 1.82) is 5.26 Å². The molecule has 0 aliphatic carbocycles. The van der Waals surface area contributed by atoms with Gasteiger partial charge in [0, 0.05) is 38.9 Å². The van der Waals surface area contributed by atoms with Gasteiger partial charge >= 0.3 is 0 Å². The number of ether oxygens (including phenoxy) is 1. The number of carbonyl (C=O) groups is 1. The number of amides is 1. The third-order valence-electron chi connectivity index (χ3n) is 3.10. The summed E-state index contributed by atoms with van der Waals surface area (Å²) in [5, 5.41) is 14.7. The molecule has 1 fully saturated rings. The van der Waals surface area contributed by atoms with Crippen molar-refractivity contribution in [1.82, 2.24) is 15.5 Å². The van der Waals surface area contributed by atoms with Crippen molar-refractivity contribution in [3.05, 3.63) is 11.8 Å². The third-order valence-corrected chi connectivity index (χ3v) is 3.10. The van der Waals surface area contributed by atoms with E-state index in [2.05, 4.69) is 22.5 Å². The van der Waals surface area contributed by atoms with E-state index in [0.29, 0.717) is 13.1 Å². The number of morpholine rings is 1. The predicted molar refractivity (Wildman–Crippen MR) is 76.9 cm³/mol. The average molecular weight is 280 g/mol. The number of rotatable bonds is 8. The number of carbonyl (C=O) groups excluding carboxylic acids is 1. The molecule has 0 bridgehead atoms. The Kier molecular flexibility index (Phi) is 8.43. The second-order valence-corrected chi connectivity index (χ2v) is 4.69. The summed E-state index contributed by atoms with van der Waals surface area (Å²) in [6.45, 7) is 7.70. The second-order valence-electron chi connectivity index (χ2n) is 4.69. The van der Waals surface area contributed by atoms with Crippen LogP contribution in [0, 0.1) is 11.3 Å². The molecule has 1 aliphatic heterocycles. The highest BCUT2D eigenvalue weighted by Crippen LogP contribution is 1.95. The minimum atomic E-state index is -0.306. The molecule has 112 valence electrons. The summed E-state index contributed by atoms with van der Waals surface area (Å²) in [4.78, 5) is 14.0. The van der Waals surface area contributed by atoms with Crippen LogP contribution in [0.5, 0.6) is 0 Å². The fraction of sp³-hybridized carbons (Fsp3) is 0.714. The van der Waals surface area contributed by atoms with Gasteiger partial charge in [0.25, 0.3) is 5.91 Å². The van der Waals surface area contributed by atoms with E-state index in [1.165, 1.54) is 6.20 Å². The zero-order valence-electron chi connectivity index (χ0n) is 12.2. The molecule has 1 rings (SSSR count). The normalized spacial score (nSPS) is 16.5. The lowest BCUT2D eigenvalue weighted by atomic mass is 10.2. The molecular weight excluding hydrogens is 256 g/mol. The molecule has 0 aromatic carbocycles. The molecule has 0 unspecified atom stereocenters. The van der Waals surface area contributed by atoms with Crippen molar-refractivity contribution in [2.75, 3.05) is 45.9 Å². The van der Waals surface area contributed by atoms with Crippen molar-refractivity contribution in [2.24, 2.45) is 0 Å². The minimum Gasteiger partial charge on any atom is -0.388 e. The fourth-order valence-corrected chi connectivity index (χ4v) is 1.84. The van der Waals surface area contributed by atoms with Crippen LogP contribution in [0.2, 0.25) is 0 Å². The number of nitrogens with one attached hydrogen (secondary N) is 2. The Bertz CT molecular complexity index is 357. The fourth-order valence-electron chi connectivity index (χ4n) is 1.84. The Hall–Kier alpha value is -1.58. The van der Waals surface area contributed by atoms with Crippen LogP contribution in [0.15, 0.2) is 11.8 Å². The van der Waals surface area contributed by atoms with E-state index in [1.807, 2.05) is 6.07 Å². The van der Waals surface area contributed by atoms with Crippen LogP contribution in [0.25, 0.3) is 0 Å². The molecule has 6 nitrogen and oxygen atoms in total. The highest BCUT2D eigenvalue weighted by atomic mass is 16.5. The summed E-state index contributed by atoms with van der Waals surface area (Å²) < 4.78 is 5.27. The molecule has 0 spiro atoms. The van der Waals surface area contributed by atoms with E-state index in [-0.39, 0.29) is 11.5 Å². The van der Waals surface area contributed by atoms with Gasteiger partial charge in [-0.3, -0.25) is 9.69 Å². The highest BCUT2D eigenvalue weighted by molar-refractivity contribution is 5.97. The van der Waals surface area contributed by atoms with Crippen molar-refractivity contribution in [2.45, 2.75) is 19.8 Å². The third kappa shape index (κ3) is 6.55. The number of hydrogen-bond acceptors (Lipinski definition) is 5. The topological polar surface area (TPSA) is 77.4 Å². The van der Waals surface area contributed by atoms with Crippen LogP contribution in [-0.2, 0) is 9.53 Å². The van der Waals surface area contributed by atoms with Crippen LogP contribution >= 0.6 is 0 Å². The average Bonchev–Trinajstić information content (AvgIpc) is 2.48. The van der Waals surface area contributed by atoms with Gasteiger partial charge in [0.1, 0.15) is 11.6 Å². The standard InChI is InChI=1S/C14H24N4O2/c1-2-3-4-17-14(19)13(11-15)12-16-5-6-18-7-9-20-10-8-18/h12,16H,2-10H2,1H3,(H,17,19)/b13-12-. The molecule has 0 radical (unpaired) electrons. The van der Waals surface area contributed by atoms with Gasteiger partial charge in [0.05, 0.1) is 13.2 Å². The van der Waals surface area contributed by atoms with Crippen LogP contribution in [0.1, 0.15) is 19.8 Å². The lowest BCUT2D eigenvalue weighted by Gasteiger charge is -2.26. The maximum atomic E-state index is 11.7. The van der Waals surface area contributed by atoms with Gasteiger partial charge in [-0.1, -0.05) is 13.3 Å². The number of unbranched alkanes of at least 4 members (excludes halogenated alkanes) is 1. The summed E-state index contributed by atoms with van der Waals surface area (Å²) >= 11 is 0. The maximum absolute atomic E-state index is 11.7. The number of hydrogen-bond donors (Lipinski definition) is 2. The van der Waals surface area contributed by atoms with Crippen molar-refractivity contribution >= 4 is 5.91 Å². The number of nitrogens with zero attached hydrogens (tertiary/aromatic N) is 2. The quantitative estimate of drug-likeness (QED) is 0.378. The van der Waals surface area contributed by atoms with Crippen LogP contribution in [0.4, 0.5) is 0 Å². The van der Waals surface area contributed by atoms with Gasteiger partial charge in [-0.2, -0.15) is 5.26 Å². The molecular formula is C14H24N4O2. The van der Waals surface area contributed by atoms with E-state index in [1.54, 1.807) is 0 Å². The van der Waals surface area contributed by atoms with E-state index >= 15 is 0 Å². The molecule has 1 saturated heterocycles. The molecule has 20 heavy (non-hydrogen) atoms. The van der Waals surface area contributed by atoms with Gasteiger partial charge in [0.2, 0.25) is 0 Å². The zero-order valence-corrected chi connectivity index (χ0v) is 12.2. The van der Waals surface area contributed by atoms with Gasteiger partial charge in [0.15, 0.2) is 0 Å². The van der Waals surface area contributed by atoms with Crippen molar-refractivity contribution in [3.8, 4) is 6.07 Å². The van der Waals surface area contributed by atoms with Gasteiger partial charge in [-0.15, -0.1) is 0 Å². The van der Waals surface area contributed by atoms with Crippen LogP contribution in [-0.4, -0.2) is 56.7 Å². The first-order valence-corrected chi connectivity index (χ1v) is 7.20. The first-order valence-electron chi connectivity index (χ1n) is 7.20. The SMILES string of the molecule is CCCCNC(=O)/C(C#N)=C\NCCN1CCOCC1. The molecule has 1 aliphatic rings. The van der Waals surface area contributed by atoms with E-state index in [9.17, 15) is 4.79 Å². The van der Waals surface area contributed by atoms with E-state index in [0.717, 1.165) is 45.7 Å². The Morgan fingerprint density at radius 3 is 2.80 bits per heavy atom. The van der Waals surface area contributed by atoms with Crippen LogP contribution < -0.4 is 10.6 Å². The van der Waals surface area contributed by atoms with Gasteiger partial charge < -0.3 is 15.4 Å². The largest absolute Gasteiger partial charge is 0.388 e. The van der Waals surface area contributed by atoms with Gasteiger partial charge in [-0.25, -0.2) is 0 Å². The predicted octanol–water partition coefficient (Wildman–Crippen LogP) is 0.232. The molecule has 2 N–H and O–H groups in total. The first kappa shape index (κ1) is 16.5. The minimum absolute atomic E-state index is 0.128. The highest BCUT2D eigenvalue weighted by Gasteiger charge is 2.10. The molecule has 0 saturated carbocycles. The lowest BCUT2D eigenvalue weighted by Crippen LogP contribution is -2.39. The van der Waals surface area contributed by atoms with Crippen molar-refractivity contribution < 1.29 is 9.53 Å². The molecule has 1 heterocycles. The maximum Gasteiger partial charge on any atom is 0.263 e. The Morgan fingerprint density at radius 1 is 1.40 bits per heavy atom. The summed E-state index contributed by atoms with van der Waals surface area (Å²) in [5.41, 5.74) is 0.128. The smallest absolute Gasteiger partial charge is 0.263 e. The Morgan fingerprint density at radius 2 is 2.15 bits per heavy atom. The van der Waals surface area contributed by atoms with Crippen LogP contribution in [0.3, 0.4) is 0 Å². The molecule has 6 heteroatoms. The summed E-state index contributed by atoms with van der Waals surface area (Å²) in [6.07, 6.45) is 3.44. The van der Waals surface area contributed by atoms with Crippen molar-refractivity contribution in [3.63, 3.8) is 0 Å². The van der Waals surface area contributed by atoms with E-state index < -0.39 is 0 Å². The first-order chi connectivity index (χ1) is 9.77. The summed E-state index contributed by atoms with van der Waals surface area (Å²) in [5.74, 6) is -0.306. The zero-order chi connectivity index (χ0) is 14.6. The Balaban J connectivity index is 2.23.